The summed E-state index contributed by atoms with van der Waals surface area (Å²) in [5.74, 6) is 0. The summed E-state index contributed by atoms with van der Waals surface area (Å²) in [4.78, 5) is 2.46. The van der Waals surface area contributed by atoms with E-state index in [9.17, 15) is 0 Å². The molecule has 1 heteroatoms. The summed E-state index contributed by atoms with van der Waals surface area (Å²) in [6.45, 7) is 0. The maximum atomic E-state index is 2.46. The second-order valence-electron chi connectivity index (χ2n) is 16.9. The van der Waals surface area contributed by atoms with Crippen molar-refractivity contribution in [1.29, 1.82) is 0 Å². The molecular formula is C64H43N. The van der Waals surface area contributed by atoms with E-state index in [-0.39, 0.29) is 0 Å². The molecule has 0 aliphatic heterocycles. The molecule has 12 aromatic carbocycles. The Kier molecular flexibility index (Phi) is 9.58. The summed E-state index contributed by atoms with van der Waals surface area (Å²) >= 11 is 0. The minimum atomic E-state index is 1.08. The fourth-order valence-corrected chi connectivity index (χ4v) is 9.86. The van der Waals surface area contributed by atoms with E-state index >= 15 is 0 Å². The molecule has 0 unspecified atom stereocenters. The molecule has 0 bridgehead atoms. The van der Waals surface area contributed by atoms with Crippen LogP contribution >= 0.6 is 0 Å². The molecule has 65 heavy (non-hydrogen) atoms. The van der Waals surface area contributed by atoms with Gasteiger partial charge in [-0.1, -0.05) is 212 Å². The average molecular weight is 826 g/mol. The summed E-state index contributed by atoms with van der Waals surface area (Å²) < 4.78 is 0. The van der Waals surface area contributed by atoms with E-state index in [2.05, 4.69) is 266 Å². The predicted octanol–water partition coefficient (Wildman–Crippen LogP) is 18.1. The summed E-state index contributed by atoms with van der Waals surface area (Å²) in [7, 11) is 0. The normalized spacial score (nSPS) is 11.4. The minimum absolute atomic E-state index is 1.08. The van der Waals surface area contributed by atoms with Gasteiger partial charge in [0.05, 0.1) is 5.69 Å². The lowest BCUT2D eigenvalue weighted by atomic mass is 9.89. The maximum absolute atomic E-state index is 2.46. The second kappa shape index (κ2) is 16.3. The Morgan fingerprint density at radius 2 is 0.754 bits per heavy atom. The van der Waals surface area contributed by atoms with Crippen molar-refractivity contribution in [3.63, 3.8) is 0 Å². The lowest BCUT2D eigenvalue weighted by Gasteiger charge is -2.30. The number of benzene rings is 12. The van der Waals surface area contributed by atoms with Crippen molar-refractivity contribution in [2.24, 2.45) is 0 Å². The zero-order chi connectivity index (χ0) is 43.1. The van der Waals surface area contributed by atoms with Crippen LogP contribution in [0.15, 0.2) is 261 Å². The molecule has 0 heterocycles. The standard InChI is InChI=1S/C64H43N/c1-3-16-44(17-4-1)46-32-35-53(36-33-46)65(54-37-38-57(47-19-5-2-6-20-47)63(43-54)59-29-15-24-48-21-9-11-25-55(48)59)64-39-34-52(42-62(64)51-31-30-45-18-7-8-22-49(45)40-51)61-41-50-23-10-12-26-56(50)58-27-13-14-28-60(58)61/h1-43H. The first-order chi connectivity index (χ1) is 32.2. The van der Waals surface area contributed by atoms with E-state index in [1.165, 1.54) is 87.6 Å². The van der Waals surface area contributed by atoms with Crippen molar-refractivity contribution in [2.45, 2.75) is 0 Å². The first-order valence-corrected chi connectivity index (χ1v) is 22.4. The highest BCUT2D eigenvalue weighted by Crippen LogP contribution is 2.47. The van der Waals surface area contributed by atoms with E-state index in [4.69, 9.17) is 0 Å². The van der Waals surface area contributed by atoms with Crippen molar-refractivity contribution in [3.05, 3.63) is 261 Å². The van der Waals surface area contributed by atoms with Crippen molar-refractivity contribution < 1.29 is 0 Å². The van der Waals surface area contributed by atoms with Crippen LogP contribution in [0.1, 0.15) is 0 Å². The molecule has 0 fully saturated rings. The summed E-state index contributed by atoms with van der Waals surface area (Å²) in [6, 6.07) is 95.6. The highest BCUT2D eigenvalue weighted by molar-refractivity contribution is 6.14. The van der Waals surface area contributed by atoms with Gasteiger partial charge >= 0.3 is 0 Å². The van der Waals surface area contributed by atoms with E-state index < -0.39 is 0 Å². The Morgan fingerprint density at radius 1 is 0.200 bits per heavy atom. The molecule has 0 saturated carbocycles. The van der Waals surface area contributed by atoms with Crippen LogP contribution in [0.25, 0.3) is 98.7 Å². The molecule has 0 atom stereocenters. The number of hydrogen-bond donors (Lipinski definition) is 0. The van der Waals surface area contributed by atoms with Gasteiger partial charge in [-0.05, 0) is 142 Å². The third kappa shape index (κ3) is 7.01. The van der Waals surface area contributed by atoms with Crippen LogP contribution in [-0.2, 0) is 0 Å². The van der Waals surface area contributed by atoms with Gasteiger partial charge in [-0.2, -0.15) is 0 Å². The van der Waals surface area contributed by atoms with Crippen LogP contribution in [0.2, 0.25) is 0 Å². The monoisotopic (exact) mass is 825 g/mol. The van der Waals surface area contributed by atoms with Crippen molar-refractivity contribution in [1.82, 2.24) is 0 Å². The highest BCUT2D eigenvalue weighted by Gasteiger charge is 2.22. The summed E-state index contributed by atoms with van der Waals surface area (Å²) in [5.41, 5.74) is 15.1. The number of anilines is 3. The van der Waals surface area contributed by atoms with Gasteiger partial charge in [0.1, 0.15) is 0 Å². The van der Waals surface area contributed by atoms with E-state index in [1.807, 2.05) is 0 Å². The van der Waals surface area contributed by atoms with Crippen molar-refractivity contribution >= 4 is 60.2 Å². The summed E-state index contributed by atoms with van der Waals surface area (Å²) in [5, 5.41) is 9.89. The van der Waals surface area contributed by atoms with Crippen molar-refractivity contribution in [3.8, 4) is 55.6 Å². The molecular weight excluding hydrogens is 783 g/mol. The smallest absolute Gasteiger partial charge is 0.0540 e. The van der Waals surface area contributed by atoms with Gasteiger partial charge < -0.3 is 4.90 Å². The predicted molar refractivity (Wildman–Crippen MR) is 278 cm³/mol. The van der Waals surface area contributed by atoms with Crippen LogP contribution in [-0.4, -0.2) is 0 Å². The molecule has 0 N–H and O–H groups in total. The highest BCUT2D eigenvalue weighted by atomic mass is 15.1. The lowest BCUT2D eigenvalue weighted by molar-refractivity contribution is 1.28. The van der Waals surface area contributed by atoms with Gasteiger partial charge in [0.25, 0.3) is 0 Å². The Hall–Kier alpha value is -8.52. The molecule has 0 aromatic heterocycles. The van der Waals surface area contributed by atoms with Gasteiger partial charge in [0.15, 0.2) is 0 Å². The Bertz CT molecular complexity index is 3700. The third-order valence-corrected chi connectivity index (χ3v) is 13.0. The number of nitrogens with zero attached hydrogens (tertiary/aromatic N) is 1. The first-order valence-electron chi connectivity index (χ1n) is 22.4. The Morgan fingerprint density at radius 3 is 1.54 bits per heavy atom. The zero-order valence-corrected chi connectivity index (χ0v) is 35.8. The van der Waals surface area contributed by atoms with E-state index in [1.54, 1.807) is 0 Å². The van der Waals surface area contributed by atoms with Crippen LogP contribution in [0.4, 0.5) is 17.1 Å². The van der Waals surface area contributed by atoms with Crippen LogP contribution < -0.4 is 4.90 Å². The molecule has 0 spiro atoms. The minimum Gasteiger partial charge on any atom is -0.310 e. The van der Waals surface area contributed by atoms with Gasteiger partial charge in [-0.15, -0.1) is 0 Å². The molecule has 12 rings (SSSR count). The molecule has 12 aromatic rings. The van der Waals surface area contributed by atoms with Crippen LogP contribution in [0, 0.1) is 0 Å². The van der Waals surface area contributed by atoms with Gasteiger partial charge in [-0.3, -0.25) is 0 Å². The van der Waals surface area contributed by atoms with Crippen molar-refractivity contribution in [2.75, 3.05) is 4.90 Å². The lowest BCUT2D eigenvalue weighted by Crippen LogP contribution is -2.12. The molecule has 0 amide bonds. The van der Waals surface area contributed by atoms with Gasteiger partial charge in [-0.25, -0.2) is 0 Å². The number of hydrogen-bond acceptors (Lipinski definition) is 1. The molecule has 304 valence electrons. The first kappa shape index (κ1) is 38.2. The quantitative estimate of drug-likeness (QED) is 0.138. The molecule has 0 aliphatic rings. The maximum Gasteiger partial charge on any atom is 0.0540 e. The molecule has 0 saturated heterocycles. The summed E-state index contributed by atoms with van der Waals surface area (Å²) in [6.07, 6.45) is 0. The Labute approximate surface area is 379 Å². The Balaban J connectivity index is 1.13. The average Bonchev–Trinajstić information content (AvgIpc) is 3.39. The fourth-order valence-electron chi connectivity index (χ4n) is 9.86. The molecule has 1 nitrogen and oxygen atoms in total. The van der Waals surface area contributed by atoms with E-state index in [0.717, 1.165) is 28.2 Å². The SMILES string of the molecule is c1ccc(-c2ccc(N(c3ccc(-c4ccccc4)c(-c4cccc5ccccc45)c3)c3ccc(-c4cc5ccccc5c5ccccc45)cc3-c3ccc4ccccc4c3)cc2)cc1. The number of rotatable bonds is 8. The number of fused-ring (bicyclic) bond motifs is 5. The molecule has 0 aliphatic carbocycles. The van der Waals surface area contributed by atoms with Crippen LogP contribution in [0.5, 0.6) is 0 Å². The molecule has 0 radical (unpaired) electrons. The second-order valence-corrected chi connectivity index (χ2v) is 16.9. The fraction of sp³-hybridized carbons (Fsp3) is 0. The van der Waals surface area contributed by atoms with Crippen LogP contribution in [0.3, 0.4) is 0 Å². The largest absolute Gasteiger partial charge is 0.310 e. The van der Waals surface area contributed by atoms with Gasteiger partial charge in [0.2, 0.25) is 0 Å². The van der Waals surface area contributed by atoms with E-state index in [0.29, 0.717) is 0 Å². The van der Waals surface area contributed by atoms with Gasteiger partial charge in [0, 0.05) is 16.9 Å². The third-order valence-electron chi connectivity index (χ3n) is 13.0. The topological polar surface area (TPSA) is 3.24 Å². The zero-order valence-electron chi connectivity index (χ0n) is 35.8.